The van der Waals surface area contributed by atoms with Crippen molar-refractivity contribution in [3.63, 3.8) is 0 Å². The molecule has 20 heavy (non-hydrogen) atoms. The van der Waals surface area contributed by atoms with Crippen LogP contribution in [-0.2, 0) is 17.8 Å². The highest BCUT2D eigenvalue weighted by molar-refractivity contribution is 7.07. The molecule has 0 aliphatic carbocycles. The van der Waals surface area contributed by atoms with Gasteiger partial charge in [-0.25, -0.2) is 0 Å². The molecule has 0 aromatic carbocycles. The fourth-order valence-electron chi connectivity index (χ4n) is 2.45. The molecule has 2 unspecified atom stereocenters. The molecule has 3 heterocycles. The van der Waals surface area contributed by atoms with Gasteiger partial charge in [0.1, 0.15) is 0 Å². The molecule has 1 aliphatic heterocycles. The minimum atomic E-state index is 0.117. The minimum Gasteiger partial charge on any atom is -0.368 e. The van der Waals surface area contributed by atoms with E-state index in [4.69, 9.17) is 15.0 Å². The number of nitrogens with zero attached hydrogens (tertiary/aromatic N) is 3. The first-order chi connectivity index (χ1) is 9.74. The first-order valence-corrected chi connectivity index (χ1v) is 7.60. The summed E-state index contributed by atoms with van der Waals surface area (Å²) in [6.45, 7) is 4.75. The smallest absolute Gasteiger partial charge is 0.240 e. The second-order valence-corrected chi connectivity index (χ2v) is 5.77. The summed E-state index contributed by atoms with van der Waals surface area (Å²) in [6, 6.07) is 2.12. The predicted octanol–water partition coefficient (Wildman–Crippen LogP) is 1.55. The number of aromatic nitrogens is 2. The van der Waals surface area contributed by atoms with E-state index in [1.54, 1.807) is 11.3 Å². The lowest BCUT2D eigenvalue weighted by Crippen LogP contribution is -2.42. The molecule has 1 fully saturated rings. The Morgan fingerprint density at radius 2 is 2.40 bits per heavy atom. The van der Waals surface area contributed by atoms with Crippen LogP contribution in [0.15, 0.2) is 21.3 Å². The van der Waals surface area contributed by atoms with Crippen LogP contribution in [0.2, 0.25) is 0 Å². The number of hydrogen-bond acceptors (Lipinski definition) is 7. The molecule has 7 heteroatoms. The fraction of sp³-hybridized carbons (Fsp3) is 0.538. The molecule has 0 radical (unpaired) electrons. The molecule has 2 aromatic rings. The van der Waals surface area contributed by atoms with Crippen LogP contribution >= 0.6 is 11.3 Å². The van der Waals surface area contributed by atoms with Crippen molar-refractivity contribution < 1.29 is 9.26 Å². The molecule has 0 saturated carbocycles. The molecule has 1 aliphatic rings. The highest BCUT2D eigenvalue weighted by Crippen LogP contribution is 2.27. The Hall–Kier alpha value is -1.28. The van der Waals surface area contributed by atoms with Crippen molar-refractivity contribution in [2.45, 2.75) is 32.2 Å². The Labute approximate surface area is 121 Å². The van der Waals surface area contributed by atoms with Crippen LogP contribution in [0.4, 0.5) is 0 Å². The highest BCUT2D eigenvalue weighted by Gasteiger charge is 2.27. The van der Waals surface area contributed by atoms with E-state index >= 15 is 0 Å². The largest absolute Gasteiger partial charge is 0.368 e. The Morgan fingerprint density at radius 3 is 3.10 bits per heavy atom. The Morgan fingerprint density at radius 1 is 1.50 bits per heavy atom. The minimum absolute atomic E-state index is 0.117. The van der Waals surface area contributed by atoms with Gasteiger partial charge in [-0.15, -0.1) is 0 Å². The lowest BCUT2D eigenvalue weighted by atomic mass is 10.1. The van der Waals surface area contributed by atoms with E-state index in [0.717, 1.165) is 13.1 Å². The molecule has 2 atom stereocenters. The lowest BCUT2D eigenvalue weighted by molar-refractivity contribution is -0.0819. The molecule has 1 saturated heterocycles. The molecule has 0 amide bonds. The van der Waals surface area contributed by atoms with E-state index in [-0.39, 0.29) is 18.8 Å². The van der Waals surface area contributed by atoms with Crippen molar-refractivity contribution in [3.8, 4) is 0 Å². The van der Waals surface area contributed by atoms with Gasteiger partial charge in [-0.3, -0.25) is 4.90 Å². The zero-order valence-electron chi connectivity index (χ0n) is 11.4. The third-order valence-corrected chi connectivity index (χ3v) is 4.00. The summed E-state index contributed by atoms with van der Waals surface area (Å²) >= 11 is 1.69. The second-order valence-electron chi connectivity index (χ2n) is 4.99. The summed E-state index contributed by atoms with van der Waals surface area (Å²) in [4.78, 5) is 6.55. The number of nitrogens with two attached hydrogens (primary N) is 1. The Kier molecular flexibility index (Phi) is 4.11. The third-order valence-electron chi connectivity index (χ3n) is 3.30. The van der Waals surface area contributed by atoms with Crippen molar-refractivity contribution in [2.75, 3.05) is 13.1 Å². The average Bonchev–Trinajstić information content (AvgIpc) is 3.09. The van der Waals surface area contributed by atoms with Crippen molar-refractivity contribution in [1.29, 1.82) is 0 Å². The molecule has 0 bridgehead atoms. The van der Waals surface area contributed by atoms with Gasteiger partial charge in [-0.05, 0) is 29.3 Å². The number of hydrogen-bond donors (Lipinski definition) is 1. The highest BCUT2D eigenvalue weighted by atomic mass is 32.1. The van der Waals surface area contributed by atoms with Crippen LogP contribution in [0.25, 0.3) is 0 Å². The van der Waals surface area contributed by atoms with Gasteiger partial charge in [0, 0.05) is 13.1 Å². The topological polar surface area (TPSA) is 77.4 Å². The van der Waals surface area contributed by atoms with Gasteiger partial charge >= 0.3 is 0 Å². The normalized spacial score (nSPS) is 24.1. The zero-order valence-corrected chi connectivity index (χ0v) is 12.2. The van der Waals surface area contributed by atoms with Crippen LogP contribution < -0.4 is 5.73 Å². The Balaban J connectivity index is 1.66. The third kappa shape index (κ3) is 3.06. The maximum Gasteiger partial charge on any atom is 0.240 e. The van der Waals surface area contributed by atoms with E-state index in [0.29, 0.717) is 18.3 Å². The van der Waals surface area contributed by atoms with E-state index in [2.05, 4.69) is 38.8 Å². The summed E-state index contributed by atoms with van der Waals surface area (Å²) in [5.41, 5.74) is 6.71. The van der Waals surface area contributed by atoms with Crippen LogP contribution in [0.3, 0.4) is 0 Å². The fourth-order valence-corrected chi connectivity index (χ4v) is 3.15. The number of ether oxygens (including phenoxy) is 1. The summed E-state index contributed by atoms with van der Waals surface area (Å²) in [6.07, 6.45) is 0.306. The molecule has 0 spiro atoms. The maximum atomic E-state index is 6.01. The van der Waals surface area contributed by atoms with Gasteiger partial charge in [-0.1, -0.05) is 5.16 Å². The van der Waals surface area contributed by atoms with Gasteiger partial charge in [0.15, 0.2) is 5.82 Å². The summed E-state index contributed by atoms with van der Waals surface area (Å²) in [7, 11) is 0. The Bertz CT molecular complexity index is 542. The molecule has 108 valence electrons. The van der Waals surface area contributed by atoms with Crippen LogP contribution in [-0.4, -0.2) is 34.2 Å². The number of rotatable bonds is 4. The summed E-state index contributed by atoms with van der Waals surface area (Å²) in [5, 5.41) is 8.17. The van der Waals surface area contributed by atoms with Crippen molar-refractivity contribution in [2.24, 2.45) is 5.73 Å². The first kappa shape index (κ1) is 13.7. The zero-order chi connectivity index (χ0) is 13.9. The van der Waals surface area contributed by atoms with Crippen LogP contribution in [0.5, 0.6) is 0 Å². The summed E-state index contributed by atoms with van der Waals surface area (Å²) < 4.78 is 11.0. The van der Waals surface area contributed by atoms with Gasteiger partial charge in [0.25, 0.3) is 0 Å². The number of thiophene rings is 1. The van der Waals surface area contributed by atoms with Crippen molar-refractivity contribution >= 4 is 11.3 Å². The molecular weight excluding hydrogens is 276 g/mol. The molecule has 2 aromatic heterocycles. The predicted molar refractivity (Wildman–Crippen MR) is 75.1 cm³/mol. The lowest BCUT2D eigenvalue weighted by Gasteiger charge is -2.36. The molecule has 6 nitrogen and oxygen atoms in total. The van der Waals surface area contributed by atoms with E-state index in [1.807, 2.05) is 0 Å². The van der Waals surface area contributed by atoms with Gasteiger partial charge in [0.05, 0.1) is 25.3 Å². The van der Waals surface area contributed by atoms with Gasteiger partial charge in [0.2, 0.25) is 5.89 Å². The SMILES string of the molecule is CC1CN(Cc2noc(CN)n2)CC(c2ccsc2)O1. The molecule has 3 rings (SSSR count). The monoisotopic (exact) mass is 294 g/mol. The van der Waals surface area contributed by atoms with Gasteiger partial charge < -0.3 is 15.0 Å². The van der Waals surface area contributed by atoms with E-state index in [9.17, 15) is 0 Å². The van der Waals surface area contributed by atoms with E-state index in [1.165, 1.54) is 5.56 Å². The quantitative estimate of drug-likeness (QED) is 0.922. The number of morpholine rings is 1. The van der Waals surface area contributed by atoms with E-state index < -0.39 is 0 Å². The standard InChI is InChI=1S/C13H18N4O2S/c1-9-5-17(7-12-15-13(4-14)19-16-12)6-11(18-9)10-2-3-20-8-10/h2-3,8-9,11H,4-7,14H2,1H3. The maximum absolute atomic E-state index is 6.01. The van der Waals surface area contributed by atoms with Crippen molar-refractivity contribution in [3.05, 3.63) is 34.1 Å². The van der Waals surface area contributed by atoms with Crippen molar-refractivity contribution in [1.82, 2.24) is 15.0 Å². The first-order valence-electron chi connectivity index (χ1n) is 6.66. The second kappa shape index (κ2) is 6.01. The summed E-state index contributed by atoms with van der Waals surface area (Å²) in [5.74, 6) is 1.17. The average molecular weight is 294 g/mol. The van der Waals surface area contributed by atoms with Crippen LogP contribution in [0, 0.1) is 0 Å². The molecule has 2 N–H and O–H groups in total. The van der Waals surface area contributed by atoms with Crippen LogP contribution in [0.1, 0.15) is 30.3 Å². The molecular formula is C13H18N4O2S. The van der Waals surface area contributed by atoms with Gasteiger partial charge in [-0.2, -0.15) is 16.3 Å².